The van der Waals surface area contributed by atoms with E-state index in [1.54, 1.807) is 18.9 Å². The molecule has 1 amide bonds. The van der Waals surface area contributed by atoms with Crippen molar-refractivity contribution >= 4 is 72.2 Å². The maximum atomic E-state index is 13.0. The van der Waals surface area contributed by atoms with Gasteiger partial charge in [-0.25, -0.2) is 0 Å². The molecule has 0 atom stereocenters. The van der Waals surface area contributed by atoms with Crippen LogP contribution in [0.3, 0.4) is 0 Å². The van der Waals surface area contributed by atoms with Gasteiger partial charge < -0.3 is 9.30 Å². The molecular weight excluding hydrogens is 432 g/mol. The van der Waals surface area contributed by atoms with Crippen LogP contribution in [0.25, 0.3) is 20.3 Å². The zero-order chi connectivity index (χ0) is 19.7. The van der Waals surface area contributed by atoms with E-state index in [2.05, 4.69) is 15.8 Å². The van der Waals surface area contributed by atoms with E-state index in [9.17, 15) is 4.79 Å². The Balaban J connectivity index is 1.85. The summed E-state index contributed by atoms with van der Waals surface area (Å²) in [5.74, 6) is 1.41. The lowest BCUT2D eigenvalue weighted by Crippen LogP contribution is -2.18. The van der Waals surface area contributed by atoms with E-state index in [0.29, 0.717) is 14.7 Å². The first kappa shape index (κ1) is 19.5. The molecule has 0 spiro atoms. The number of methoxy groups -OCH3 is 1. The Morgan fingerprint density at radius 3 is 2.79 bits per heavy atom. The third kappa shape index (κ3) is 3.59. The van der Waals surface area contributed by atoms with Crippen LogP contribution < -0.4 is 9.54 Å². The highest BCUT2D eigenvalue weighted by molar-refractivity contribution is 7.98. The average Bonchev–Trinajstić information content (AvgIpc) is 3.23. The number of hydrogen-bond acceptors (Lipinski definition) is 5. The van der Waals surface area contributed by atoms with Gasteiger partial charge in [-0.3, -0.25) is 4.79 Å². The van der Waals surface area contributed by atoms with E-state index in [0.717, 1.165) is 38.3 Å². The summed E-state index contributed by atoms with van der Waals surface area (Å²) in [4.78, 5) is 18.6. The number of thiophene rings is 1. The summed E-state index contributed by atoms with van der Waals surface area (Å²) in [5, 5.41) is 1.37. The highest BCUT2D eigenvalue weighted by Gasteiger charge is 2.17. The minimum Gasteiger partial charge on any atom is -0.497 e. The molecule has 0 N–H and O–H groups in total. The SMILES string of the molecule is COc1ccc2sc(=NC(=O)c3sc4ccccc4c3Cl)n(CCSC)c2c1. The molecule has 0 saturated heterocycles. The first-order valence-corrected chi connectivity index (χ1v) is 11.9. The standard InChI is InChI=1S/C20H17ClN2O2S3/c1-25-12-7-8-16-14(11-12)23(9-10-26-2)20(28-16)22-19(24)18-17(21)13-5-3-4-6-15(13)27-18/h3-8,11H,9-10H2,1-2H3. The quantitative estimate of drug-likeness (QED) is 0.394. The number of thiazole rings is 1. The van der Waals surface area contributed by atoms with Crippen LogP contribution in [0.2, 0.25) is 5.02 Å². The second-order valence-electron chi connectivity index (χ2n) is 6.02. The van der Waals surface area contributed by atoms with E-state index in [1.165, 1.54) is 22.7 Å². The van der Waals surface area contributed by atoms with Crippen molar-refractivity contribution in [2.45, 2.75) is 6.54 Å². The molecule has 0 bridgehead atoms. The Morgan fingerprint density at radius 1 is 1.21 bits per heavy atom. The van der Waals surface area contributed by atoms with Gasteiger partial charge in [0, 0.05) is 28.5 Å². The third-order valence-electron chi connectivity index (χ3n) is 4.33. The van der Waals surface area contributed by atoms with Crippen molar-refractivity contribution in [2.24, 2.45) is 4.99 Å². The van der Waals surface area contributed by atoms with Crippen LogP contribution in [0.15, 0.2) is 47.5 Å². The molecule has 2 heterocycles. The molecule has 0 saturated carbocycles. The molecule has 4 rings (SSSR count). The fourth-order valence-corrected chi connectivity index (χ4v) is 5.75. The molecule has 4 aromatic rings. The topological polar surface area (TPSA) is 43.6 Å². The summed E-state index contributed by atoms with van der Waals surface area (Å²) in [7, 11) is 1.65. The van der Waals surface area contributed by atoms with Crippen molar-refractivity contribution in [3.63, 3.8) is 0 Å². The van der Waals surface area contributed by atoms with Crippen LogP contribution >= 0.6 is 46.0 Å². The summed E-state index contributed by atoms with van der Waals surface area (Å²) in [6, 6.07) is 13.7. The number of carbonyl (C=O) groups excluding carboxylic acids is 1. The number of aromatic nitrogens is 1. The molecule has 2 aromatic carbocycles. The number of aryl methyl sites for hydroxylation is 1. The predicted octanol–water partition coefficient (Wildman–Crippen LogP) is 5.68. The lowest BCUT2D eigenvalue weighted by molar-refractivity contribution is 0.100. The summed E-state index contributed by atoms with van der Waals surface area (Å²) in [6.07, 6.45) is 2.06. The molecular formula is C20H17ClN2O2S3. The average molecular weight is 449 g/mol. The largest absolute Gasteiger partial charge is 0.497 e. The lowest BCUT2D eigenvalue weighted by atomic mass is 10.2. The molecule has 0 aliphatic rings. The van der Waals surface area contributed by atoms with E-state index in [4.69, 9.17) is 16.3 Å². The minimum absolute atomic E-state index is 0.303. The number of fused-ring (bicyclic) bond motifs is 2. The highest BCUT2D eigenvalue weighted by atomic mass is 35.5. The zero-order valence-corrected chi connectivity index (χ0v) is 18.5. The van der Waals surface area contributed by atoms with Crippen molar-refractivity contribution in [1.29, 1.82) is 0 Å². The second kappa shape index (κ2) is 8.29. The maximum Gasteiger partial charge on any atom is 0.291 e. The van der Waals surface area contributed by atoms with Gasteiger partial charge in [0.05, 0.1) is 22.3 Å². The first-order valence-electron chi connectivity index (χ1n) is 8.54. The van der Waals surface area contributed by atoms with Crippen LogP contribution in [0.5, 0.6) is 5.75 Å². The van der Waals surface area contributed by atoms with Crippen LogP contribution in [0.4, 0.5) is 0 Å². The second-order valence-corrected chi connectivity index (χ2v) is 9.45. The third-order valence-corrected chi connectivity index (χ3v) is 7.65. The Bertz CT molecular complexity index is 1240. The van der Waals surface area contributed by atoms with Gasteiger partial charge in [0.1, 0.15) is 10.6 Å². The van der Waals surface area contributed by atoms with Crippen molar-refractivity contribution < 1.29 is 9.53 Å². The van der Waals surface area contributed by atoms with Gasteiger partial charge in [-0.2, -0.15) is 16.8 Å². The highest BCUT2D eigenvalue weighted by Crippen LogP contribution is 2.35. The number of thioether (sulfide) groups is 1. The smallest absolute Gasteiger partial charge is 0.291 e. The number of amides is 1. The van der Waals surface area contributed by atoms with Gasteiger partial charge in [-0.05, 0) is 24.5 Å². The van der Waals surface area contributed by atoms with Gasteiger partial charge in [0.15, 0.2) is 4.80 Å². The van der Waals surface area contributed by atoms with Gasteiger partial charge in [-0.1, -0.05) is 41.1 Å². The van der Waals surface area contributed by atoms with Gasteiger partial charge >= 0.3 is 0 Å². The maximum absolute atomic E-state index is 13.0. The normalized spacial score (nSPS) is 12.2. The number of benzene rings is 2. The molecule has 144 valence electrons. The van der Waals surface area contributed by atoms with Gasteiger partial charge in [0.2, 0.25) is 0 Å². The summed E-state index contributed by atoms with van der Waals surface area (Å²) >= 11 is 11.1. The molecule has 0 aliphatic carbocycles. The summed E-state index contributed by atoms with van der Waals surface area (Å²) in [6.45, 7) is 0.764. The van der Waals surface area contributed by atoms with Crippen molar-refractivity contribution in [3.8, 4) is 5.75 Å². The van der Waals surface area contributed by atoms with Crippen molar-refractivity contribution in [1.82, 2.24) is 4.57 Å². The number of nitrogens with zero attached hydrogens (tertiary/aromatic N) is 2. The van der Waals surface area contributed by atoms with Gasteiger partial charge in [-0.15, -0.1) is 11.3 Å². The monoisotopic (exact) mass is 448 g/mol. The summed E-state index contributed by atoms with van der Waals surface area (Å²) < 4.78 is 9.50. The first-order chi connectivity index (χ1) is 13.6. The van der Waals surface area contributed by atoms with Crippen LogP contribution in [0, 0.1) is 0 Å². The number of ether oxygens (including phenoxy) is 1. The van der Waals surface area contributed by atoms with Crippen LogP contribution in [-0.4, -0.2) is 29.6 Å². The number of halogens is 1. The fourth-order valence-electron chi connectivity index (χ4n) is 2.95. The lowest BCUT2D eigenvalue weighted by Gasteiger charge is -2.05. The molecule has 0 fully saturated rings. The summed E-state index contributed by atoms with van der Waals surface area (Å²) in [5.41, 5.74) is 1.02. The fraction of sp³-hybridized carbons (Fsp3) is 0.200. The van der Waals surface area contributed by atoms with Crippen molar-refractivity contribution in [2.75, 3.05) is 19.1 Å². The Kier molecular flexibility index (Phi) is 5.78. The molecule has 4 nitrogen and oxygen atoms in total. The minimum atomic E-state index is -0.303. The van der Waals surface area contributed by atoms with Crippen LogP contribution in [-0.2, 0) is 6.54 Å². The van der Waals surface area contributed by atoms with E-state index >= 15 is 0 Å². The predicted molar refractivity (Wildman–Crippen MR) is 121 cm³/mol. The number of hydrogen-bond donors (Lipinski definition) is 0. The Hall–Kier alpha value is -1.80. The van der Waals surface area contributed by atoms with Gasteiger partial charge in [0.25, 0.3) is 5.91 Å². The molecule has 0 unspecified atom stereocenters. The Morgan fingerprint density at radius 2 is 2.04 bits per heavy atom. The van der Waals surface area contributed by atoms with Crippen molar-refractivity contribution in [3.05, 3.63) is 57.2 Å². The molecule has 0 radical (unpaired) electrons. The van der Waals surface area contributed by atoms with E-state index < -0.39 is 0 Å². The number of rotatable bonds is 5. The zero-order valence-electron chi connectivity index (χ0n) is 15.3. The molecule has 2 aromatic heterocycles. The number of carbonyl (C=O) groups is 1. The van der Waals surface area contributed by atoms with E-state index in [-0.39, 0.29) is 5.91 Å². The Labute approximate surface area is 179 Å². The molecule has 0 aliphatic heterocycles. The molecule has 28 heavy (non-hydrogen) atoms. The van der Waals surface area contributed by atoms with Crippen LogP contribution in [0.1, 0.15) is 9.67 Å². The van der Waals surface area contributed by atoms with E-state index in [1.807, 2.05) is 42.5 Å². The molecule has 8 heteroatoms.